The van der Waals surface area contributed by atoms with E-state index in [9.17, 15) is 4.79 Å². The van der Waals surface area contributed by atoms with E-state index >= 15 is 0 Å². The number of thioether (sulfide) groups is 1. The maximum Gasteiger partial charge on any atom is 0.165 e. The van der Waals surface area contributed by atoms with E-state index in [-0.39, 0.29) is 11.9 Å². The number of carbonyl (C=O) groups is 1. The molecule has 1 aliphatic rings. The number of carbonyl (C=O) groups excluding carboxylic acids is 1. The minimum absolute atomic E-state index is 0.0130. The van der Waals surface area contributed by atoms with Gasteiger partial charge in [-0.3, -0.25) is 4.79 Å². The standard InChI is InChI=1S/C17H19ClO2S/c1-5-14-8-13-7-12(9-15(18)17(13)20-14)16(6-2)21-11(4)10(3)19/h6-7,9,14H,4-5,8H2,1-3H3/b16-6-. The molecule has 0 aliphatic carbocycles. The Labute approximate surface area is 135 Å². The number of hydrogen-bond acceptors (Lipinski definition) is 3. The van der Waals surface area contributed by atoms with Crippen molar-refractivity contribution < 1.29 is 9.53 Å². The van der Waals surface area contributed by atoms with Gasteiger partial charge in [0, 0.05) is 16.2 Å². The van der Waals surface area contributed by atoms with Crippen LogP contribution in [0.25, 0.3) is 4.91 Å². The van der Waals surface area contributed by atoms with E-state index in [2.05, 4.69) is 19.6 Å². The third-order valence-electron chi connectivity index (χ3n) is 3.48. The van der Waals surface area contributed by atoms with Gasteiger partial charge in [0.2, 0.25) is 0 Å². The SMILES string of the molecule is C=C(S/C(=C\C)c1cc(Cl)c2c(c1)CC(CC)O2)C(C)=O. The molecule has 2 nitrogen and oxygen atoms in total. The summed E-state index contributed by atoms with van der Waals surface area (Å²) in [4.78, 5) is 12.9. The number of benzene rings is 1. The van der Waals surface area contributed by atoms with Crippen LogP contribution in [0.5, 0.6) is 5.75 Å². The number of allylic oxidation sites excluding steroid dienone is 2. The number of ketones is 1. The average molecular weight is 323 g/mol. The molecule has 0 amide bonds. The zero-order valence-corrected chi connectivity index (χ0v) is 14.1. The van der Waals surface area contributed by atoms with Crippen molar-refractivity contribution >= 4 is 34.1 Å². The number of ether oxygens (including phenoxy) is 1. The number of fused-ring (bicyclic) bond motifs is 1. The van der Waals surface area contributed by atoms with Gasteiger partial charge in [0.05, 0.1) is 5.02 Å². The fourth-order valence-electron chi connectivity index (χ4n) is 2.25. The lowest BCUT2D eigenvalue weighted by Gasteiger charge is -2.11. The first-order chi connectivity index (χ1) is 9.96. The minimum Gasteiger partial charge on any atom is -0.488 e. The molecule has 0 aromatic heterocycles. The van der Waals surface area contributed by atoms with Crippen LogP contribution in [-0.4, -0.2) is 11.9 Å². The molecule has 0 bridgehead atoms. The average Bonchev–Trinajstić information content (AvgIpc) is 2.87. The van der Waals surface area contributed by atoms with Gasteiger partial charge in [0.1, 0.15) is 11.9 Å². The second kappa shape index (κ2) is 6.71. The van der Waals surface area contributed by atoms with Gasteiger partial charge in [0.25, 0.3) is 0 Å². The van der Waals surface area contributed by atoms with E-state index < -0.39 is 0 Å². The highest BCUT2D eigenvalue weighted by Crippen LogP contribution is 2.42. The van der Waals surface area contributed by atoms with Crippen LogP contribution in [0.4, 0.5) is 0 Å². The number of Topliss-reactive ketones (excluding diaryl/α,β-unsaturated/α-hetero) is 1. The van der Waals surface area contributed by atoms with E-state index in [0.29, 0.717) is 9.93 Å². The summed E-state index contributed by atoms with van der Waals surface area (Å²) < 4.78 is 5.84. The second-order valence-corrected chi connectivity index (χ2v) is 6.58. The maximum absolute atomic E-state index is 11.4. The van der Waals surface area contributed by atoms with Crippen molar-refractivity contribution in [1.82, 2.24) is 0 Å². The maximum atomic E-state index is 11.4. The first-order valence-electron chi connectivity index (χ1n) is 6.99. The van der Waals surface area contributed by atoms with E-state index in [1.165, 1.54) is 18.7 Å². The fraction of sp³-hybridized carbons (Fsp3) is 0.353. The predicted molar refractivity (Wildman–Crippen MR) is 90.9 cm³/mol. The summed E-state index contributed by atoms with van der Waals surface area (Å²) in [6.45, 7) is 9.38. The largest absolute Gasteiger partial charge is 0.488 e. The van der Waals surface area contributed by atoms with Gasteiger partial charge in [-0.15, -0.1) is 0 Å². The molecule has 1 aromatic carbocycles. The van der Waals surface area contributed by atoms with Crippen molar-refractivity contribution in [2.45, 2.75) is 39.7 Å². The number of hydrogen-bond donors (Lipinski definition) is 0. The van der Waals surface area contributed by atoms with Crippen LogP contribution in [-0.2, 0) is 11.2 Å². The summed E-state index contributed by atoms with van der Waals surface area (Å²) in [5, 5.41) is 0.631. The van der Waals surface area contributed by atoms with Crippen molar-refractivity contribution in [3.05, 3.63) is 45.8 Å². The second-order valence-electron chi connectivity index (χ2n) is 5.03. The van der Waals surface area contributed by atoms with Crippen molar-refractivity contribution in [2.24, 2.45) is 0 Å². The Hall–Kier alpha value is -1.19. The molecule has 21 heavy (non-hydrogen) atoms. The molecular weight excluding hydrogens is 304 g/mol. The van der Waals surface area contributed by atoms with E-state index in [0.717, 1.165) is 34.6 Å². The molecule has 0 fully saturated rings. The smallest absolute Gasteiger partial charge is 0.165 e. The van der Waals surface area contributed by atoms with E-state index in [1.807, 2.05) is 19.1 Å². The normalized spacial score (nSPS) is 17.3. The highest BCUT2D eigenvalue weighted by molar-refractivity contribution is 8.12. The van der Waals surface area contributed by atoms with Crippen molar-refractivity contribution in [3.8, 4) is 5.75 Å². The van der Waals surface area contributed by atoms with Crippen LogP contribution in [0.2, 0.25) is 5.02 Å². The lowest BCUT2D eigenvalue weighted by molar-refractivity contribution is -0.112. The number of halogens is 1. The summed E-state index contributed by atoms with van der Waals surface area (Å²) in [5.74, 6) is 0.791. The molecule has 0 saturated carbocycles. The van der Waals surface area contributed by atoms with Crippen molar-refractivity contribution in [3.63, 3.8) is 0 Å². The summed E-state index contributed by atoms with van der Waals surface area (Å²) >= 11 is 7.73. The summed E-state index contributed by atoms with van der Waals surface area (Å²) in [7, 11) is 0. The van der Waals surface area contributed by atoms with Crippen LogP contribution >= 0.6 is 23.4 Å². The Morgan fingerprint density at radius 1 is 1.57 bits per heavy atom. The molecule has 1 aliphatic heterocycles. The van der Waals surface area contributed by atoms with Gasteiger partial charge in [-0.25, -0.2) is 0 Å². The highest BCUT2D eigenvalue weighted by Gasteiger charge is 2.25. The van der Waals surface area contributed by atoms with Crippen LogP contribution in [0.15, 0.2) is 29.7 Å². The molecule has 2 rings (SSSR count). The van der Waals surface area contributed by atoms with Crippen LogP contribution in [0.3, 0.4) is 0 Å². The molecule has 0 radical (unpaired) electrons. The molecule has 1 heterocycles. The molecule has 0 spiro atoms. The Balaban J connectivity index is 2.31. The molecule has 112 valence electrons. The van der Waals surface area contributed by atoms with Gasteiger partial charge in [0.15, 0.2) is 5.78 Å². The molecule has 1 atom stereocenters. The minimum atomic E-state index is -0.0130. The number of rotatable bonds is 5. The molecule has 1 unspecified atom stereocenters. The van der Waals surface area contributed by atoms with Crippen LogP contribution < -0.4 is 4.74 Å². The van der Waals surface area contributed by atoms with E-state index in [1.54, 1.807) is 0 Å². The Morgan fingerprint density at radius 2 is 2.29 bits per heavy atom. The lowest BCUT2D eigenvalue weighted by atomic mass is 10.1. The summed E-state index contributed by atoms with van der Waals surface area (Å²) in [6.07, 6.45) is 4.03. The Kier molecular flexibility index (Phi) is 5.17. The van der Waals surface area contributed by atoms with Gasteiger partial charge >= 0.3 is 0 Å². The summed E-state index contributed by atoms with van der Waals surface area (Å²) in [5.41, 5.74) is 2.15. The quantitative estimate of drug-likeness (QED) is 0.692. The molecular formula is C17H19ClO2S. The molecule has 4 heteroatoms. The first-order valence-corrected chi connectivity index (χ1v) is 8.19. The molecule has 0 N–H and O–H groups in total. The van der Waals surface area contributed by atoms with Gasteiger partial charge < -0.3 is 4.74 Å². The highest BCUT2D eigenvalue weighted by atomic mass is 35.5. The zero-order chi connectivity index (χ0) is 15.6. The topological polar surface area (TPSA) is 26.3 Å². The van der Waals surface area contributed by atoms with Crippen LogP contribution in [0.1, 0.15) is 38.3 Å². The lowest BCUT2D eigenvalue weighted by Crippen LogP contribution is -2.10. The first kappa shape index (κ1) is 16.2. The van der Waals surface area contributed by atoms with E-state index in [4.69, 9.17) is 16.3 Å². The Morgan fingerprint density at radius 3 is 2.86 bits per heavy atom. The molecule has 0 saturated heterocycles. The Bertz CT molecular complexity index is 619. The summed E-state index contributed by atoms with van der Waals surface area (Å²) in [6, 6.07) is 4.00. The van der Waals surface area contributed by atoms with Crippen molar-refractivity contribution in [2.75, 3.05) is 0 Å². The fourth-order valence-corrected chi connectivity index (χ4v) is 3.29. The zero-order valence-electron chi connectivity index (χ0n) is 12.5. The van der Waals surface area contributed by atoms with Gasteiger partial charge in [-0.2, -0.15) is 0 Å². The van der Waals surface area contributed by atoms with Crippen LogP contribution in [0, 0.1) is 0 Å². The monoisotopic (exact) mass is 322 g/mol. The van der Waals surface area contributed by atoms with Gasteiger partial charge in [-0.05, 0) is 43.5 Å². The van der Waals surface area contributed by atoms with Crippen molar-refractivity contribution in [1.29, 1.82) is 0 Å². The van der Waals surface area contributed by atoms with Gasteiger partial charge in [-0.1, -0.05) is 42.9 Å². The third-order valence-corrected chi connectivity index (χ3v) is 4.99. The third kappa shape index (κ3) is 3.53. The predicted octanol–water partition coefficient (Wildman–Crippen LogP) is 5.25. The molecule has 1 aromatic rings.